The zero-order chi connectivity index (χ0) is 10.8. The largest absolute Gasteiger partial charge is 0.135 e. The summed E-state index contributed by atoms with van der Waals surface area (Å²) in [6.45, 7) is 8.18. The molecule has 0 atom stereocenters. The molecule has 1 heteroatoms. The Balaban J connectivity index is 2.80. The van der Waals surface area contributed by atoms with Crippen LogP contribution in [0, 0.1) is 0 Å². The van der Waals surface area contributed by atoms with E-state index in [1.54, 1.807) is 0 Å². The molecule has 1 heterocycles. The van der Waals surface area contributed by atoms with Gasteiger partial charge in [0.1, 0.15) is 0 Å². The minimum Gasteiger partial charge on any atom is -0.135 e. The highest BCUT2D eigenvalue weighted by Crippen LogP contribution is 2.35. The molecule has 2 aromatic rings. The van der Waals surface area contributed by atoms with Crippen molar-refractivity contribution < 1.29 is 0 Å². The Labute approximate surface area is 94.6 Å². The van der Waals surface area contributed by atoms with E-state index in [-0.39, 0.29) is 0 Å². The van der Waals surface area contributed by atoms with Gasteiger partial charge in [-0.2, -0.15) is 0 Å². The van der Waals surface area contributed by atoms with Crippen LogP contribution < -0.4 is 0 Å². The second-order valence-electron chi connectivity index (χ2n) is 3.62. The first-order valence-corrected chi connectivity index (χ1v) is 5.86. The molecule has 2 rings (SSSR count). The third-order valence-corrected chi connectivity index (χ3v) is 3.50. The van der Waals surface area contributed by atoms with Gasteiger partial charge in [0, 0.05) is 20.5 Å². The summed E-state index contributed by atoms with van der Waals surface area (Å²) in [6.07, 6.45) is 4.24. The van der Waals surface area contributed by atoms with Crippen molar-refractivity contribution >= 4 is 33.1 Å². The van der Waals surface area contributed by atoms with E-state index in [4.69, 9.17) is 0 Å². The SMILES string of the molecule is C=C(C)c1c(/C=C\C)sc2ccccc12. The number of allylic oxidation sites excluding steroid dienone is 2. The molecule has 0 aliphatic rings. The first-order valence-electron chi connectivity index (χ1n) is 5.04. The second kappa shape index (κ2) is 4.03. The van der Waals surface area contributed by atoms with Crippen LogP contribution in [0.5, 0.6) is 0 Å². The van der Waals surface area contributed by atoms with Crippen LogP contribution in [0.3, 0.4) is 0 Å². The van der Waals surface area contributed by atoms with Gasteiger partial charge in [0.25, 0.3) is 0 Å². The van der Waals surface area contributed by atoms with E-state index in [2.05, 4.69) is 49.9 Å². The first-order chi connectivity index (χ1) is 7.24. The van der Waals surface area contributed by atoms with Gasteiger partial charge in [-0.3, -0.25) is 0 Å². The predicted molar refractivity (Wildman–Crippen MR) is 71.2 cm³/mol. The van der Waals surface area contributed by atoms with Crippen molar-refractivity contribution in [3.05, 3.63) is 47.4 Å². The van der Waals surface area contributed by atoms with E-state index in [1.165, 1.54) is 20.5 Å². The maximum absolute atomic E-state index is 4.06. The van der Waals surface area contributed by atoms with Crippen LogP contribution in [0.4, 0.5) is 0 Å². The Morgan fingerprint density at radius 1 is 1.33 bits per heavy atom. The highest BCUT2D eigenvalue weighted by Gasteiger charge is 2.09. The summed E-state index contributed by atoms with van der Waals surface area (Å²) in [5.41, 5.74) is 2.44. The molecule has 0 N–H and O–H groups in total. The van der Waals surface area contributed by atoms with E-state index in [1.807, 2.05) is 18.3 Å². The van der Waals surface area contributed by atoms with Crippen LogP contribution in [-0.2, 0) is 0 Å². The van der Waals surface area contributed by atoms with Crippen molar-refractivity contribution in [3.8, 4) is 0 Å². The average molecular weight is 214 g/mol. The van der Waals surface area contributed by atoms with Crippen LogP contribution in [0.15, 0.2) is 36.9 Å². The van der Waals surface area contributed by atoms with Gasteiger partial charge in [-0.05, 0) is 31.6 Å². The lowest BCUT2D eigenvalue weighted by atomic mass is 10.0. The summed E-state index contributed by atoms with van der Waals surface area (Å²) >= 11 is 1.83. The van der Waals surface area contributed by atoms with E-state index in [0.717, 1.165) is 5.57 Å². The van der Waals surface area contributed by atoms with Crippen molar-refractivity contribution in [2.45, 2.75) is 13.8 Å². The summed E-state index contributed by atoms with van der Waals surface area (Å²) in [4.78, 5) is 1.31. The quantitative estimate of drug-likeness (QED) is 0.662. The Morgan fingerprint density at radius 2 is 2.07 bits per heavy atom. The Bertz CT molecular complexity index is 529. The number of hydrogen-bond donors (Lipinski definition) is 0. The van der Waals surface area contributed by atoms with Crippen molar-refractivity contribution in [2.24, 2.45) is 0 Å². The standard InChI is InChI=1S/C14H14S/c1-4-7-13-14(10(2)3)11-8-5-6-9-12(11)15-13/h4-9H,2H2,1,3H3/b7-4-. The molecule has 1 aromatic carbocycles. The lowest BCUT2D eigenvalue weighted by Gasteiger charge is -1.99. The molecular formula is C14H14S. The zero-order valence-corrected chi connectivity index (χ0v) is 9.90. The molecule has 0 aliphatic heterocycles. The van der Waals surface area contributed by atoms with Gasteiger partial charge >= 0.3 is 0 Å². The lowest BCUT2D eigenvalue weighted by Crippen LogP contribution is -1.77. The molecule has 0 nitrogen and oxygen atoms in total. The molecule has 0 spiro atoms. The monoisotopic (exact) mass is 214 g/mol. The van der Waals surface area contributed by atoms with Crippen LogP contribution in [-0.4, -0.2) is 0 Å². The summed E-state index contributed by atoms with van der Waals surface area (Å²) < 4.78 is 1.34. The fraction of sp³-hybridized carbons (Fsp3) is 0.143. The number of thiophene rings is 1. The van der Waals surface area contributed by atoms with Crippen LogP contribution in [0.1, 0.15) is 24.3 Å². The molecule has 76 valence electrons. The predicted octanol–water partition coefficient (Wildman–Crippen LogP) is 4.97. The first kappa shape index (κ1) is 10.2. The van der Waals surface area contributed by atoms with Gasteiger partial charge < -0.3 is 0 Å². The number of hydrogen-bond acceptors (Lipinski definition) is 1. The van der Waals surface area contributed by atoms with Gasteiger partial charge in [-0.1, -0.05) is 30.9 Å². The molecule has 1 aromatic heterocycles. The Kier molecular flexibility index (Phi) is 2.74. The topological polar surface area (TPSA) is 0 Å². The van der Waals surface area contributed by atoms with E-state index >= 15 is 0 Å². The molecule has 0 amide bonds. The van der Waals surface area contributed by atoms with Crippen LogP contribution >= 0.6 is 11.3 Å². The Morgan fingerprint density at radius 3 is 2.73 bits per heavy atom. The molecular weight excluding hydrogens is 200 g/mol. The molecule has 0 bridgehead atoms. The molecule has 0 saturated heterocycles. The Hall–Kier alpha value is -1.34. The van der Waals surface area contributed by atoms with Crippen LogP contribution in [0.25, 0.3) is 21.7 Å². The third-order valence-electron chi connectivity index (χ3n) is 2.37. The number of benzene rings is 1. The third kappa shape index (κ3) is 1.75. The van der Waals surface area contributed by atoms with Crippen molar-refractivity contribution in [1.29, 1.82) is 0 Å². The van der Waals surface area contributed by atoms with E-state index < -0.39 is 0 Å². The van der Waals surface area contributed by atoms with Gasteiger partial charge in [-0.25, -0.2) is 0 Å². The zero-order valence-electron chi connectivity index (χ0n) is 9.08. The average Bonchev–Trinajstić information content (AvgIpc) is 2.56. The summed E-state index contributed by atoms with van der Waals surface area (Å²) in [5.74, 6) is 0. The highest BCUT2D eigenvalue weighted by molar-refractivity contribution is 7.20. The molecule has 0 fully saturated rings. The maximum Gasteiger partial charge on any atom is 0.0355 e. The van der Waals surface area contributed by atoms with Crippen molar-refractivity contribution in [1.82, 2.24) is 0 Å². The van der Waals surface area contributed by atoms with Crippen molar-refractivity contribution in [2.75, 3.05) is 0 Å². The summed E-state index contributed by atoms with van der Waals surface area (Å²) in [7, 11) is 0. The van der Waals surface area contributed by atoms with Crippen LogP contribution in [0.2, 0.25) is 0 Å². The molecule has 0 saturated carbocycles. The second-order valence-corrected chi connectivity index (χ2v) is 4.70. The van der Waals surface area contributed by atoms with Gasteiger partial charge in [0.05, 0.1) is 0 Å². The molecule has 0 unspecified atom stereocenters. The molecule has 0 aliphatic carbocycles. The summed E-state index contributed by atoms with van der Waals surface area (Å²) in [5, 5.41) is 1.32. The number of rotatable bonds is 2. The van der Waals surface area contributed by atoms with Gasteiger partial charge in [-0.15, -0.1) is 11.3 Å². The maximum atomic E-state index is 4.06. The minimum atomic E-state index is 1.14. The van der Waals surface area contributed by atoms with Crippen molar-refractivity contribution in [3.63, 3.8) is 0 Å². The lowest BCUT2D eigenvalue weighted by molar-refractivity contribution is 1.68. The van der Waals surface area contributed by atoms with E-state index in [0.29, 0.717) is 0 Å². The molecule has 15 heavy (non-hydrogen) atoms. The fourth-order valence-corrected chi connectivity index (χ4v) is 3.03. The number of fused-ring (bicyclic) bond motifs is 1. The summed E-state index contributed by atoms with van der Waals surface area (Å²) in [6, 6.07) is 8.50. The van der Waals surface area contributed by atoms with Gasteiger partial charge in [0.2, 0.25) is 0 Å². The van der Waals surface area contributed by atoms with E-state index in [9.17, 15) is 0 Å². The minimum absolute atomic E-state index is 1.14. The fourth-order valence-electron chi connectivity index (χ4n) is 1.77. The normalized spacial score (nSPS) is 11.3. The molecule has 0 radical (unpaired) electrons. The highest BCUT2D eigenvalue weighted by atomic mass is 32.1. The van der Waals surface area contributed by atoms with Gasteiger partial charge in [0.15, 0.2) is 0 Å². The smallest absolute Gasteiger partial charge is 0.0355 e.